The van der Waals surface area contributed by atoms with Gasteiger partial charge >= 0.3 is 5.97 Å². The minimum atomic E-state index is -0.924. The molecule has 8 heteroatoms. The number of fused-ring (bicyclic) bond motifs is 1. The lowest BCUT2D eigenvalue weighted by molar-refractivity contribution is -0.135. The van der Waals surface area contributed by atoms with Gasteiger partial charge in [0, 0.05) is 6.20 Å². The number of nitriles is 1. The monoisotopic (exact) mass is 365 g/mol. The summed E-state index contributed by atoms with van der Waals surface area (Å²) in [7, 11) is 1.11. The molecule has 0 N–H and O–H groups in total. The zero-order valence-corrected chi connectivity index (χ0v) is 14.0. The van der Waals surface area contributed by atoms with Crippen LogP contribution in [0.5, 0.6) is 11.6 Å². The van der Waals surface area contributed by atoms with E-state index in [-0.39, 0.29) is 22.8 Å². The van der Waals surface area contributed by atoms with Crippen LogP contribution in [0.4, 0.5) is 4.39 Å². The summed E-state index contributed by atoms with van der Waals surface area (Å²) in [5, 5.41) is 9.17. The largest absolute Gasteiger partial charge is 0.465 e. The molecule has 0 aliphatic rings. The molecule has 0 atom stereocenters. The minimum absolute atomic E-state index is 0.157. The predicted molar refractivity (Wildman–Crippen MR) is 93.5 cm³/mol. The van der Waals surface area contributed by atoms with Gasteiger partial charge in [0.1, 0.15) is 22.9 Å². The molecule has 2 aromatic heterocycles. The van der Waals surface area contributed by atoms with Crippen molar-refractivity contribution in [2.24, 2.45) is 0 Å². The molecule has 0 fully saturated rings. The number of carbonyl (C=O) groups excluding carboxylic acids is 1. The van der Waals surface area contributed by atoms with Gasteiger partial charge in [-0.1, -0.05) is 18.2 Å². The van der Waals surface area contributed by atoms with Gasteiger partial charge in [0.2, 0.25) is 5.88 Å². The molecule has 2 heterocycles. The molecule has 0 saturated carbocycles. The molecule has 27 heavy (non-hydrogen) atoms. The number of esters is 1. The lowest BCUT2D eigenvalue weighted by Gasteiger charge is -2.10. The van der Waals surface area contributed by atoms with Crippen LogP contribution in [0.1, 0.15) is 5.56 Å². The van der Waals surface area contributed by atoms with Gasteiger partial charge in [-0.3, -0.25) is 9.20 Å². The molecule has 3 aromatic rings. The number of para-hydroxylation sites is 1. The number of rotatable bonds is 4. The van der Waals surface area contributed by atoms with E-state index in [4.69, 9.17) is 10.00 Å². The standard InChI is InChI=1S/C19H12FN3O4/c1-26-19(25)12(11-21)10-13-17(27-15-7-3-2-6-14(15)20)22-16-8-4-5-9-23(16)18(13)24/h2-10H,1H3. The highest BCUT2D eigenvalue weighted by Crippen LogP contribution is 2.26. The molecule has 0 bridgehead atoms. The maximum atomic E-state index is 14.0. The highest BCUT2D eigenvalue weighted by Gasteiger charge is 2.18. The SMILES string of the molecule is COC(=O)C(C#N)=Cc1c(Oc2ccccc2F)nc2ccccn2c1=O. The molecule has 0 aliphatic carbocycles. The fraction of sp³-hybridized carbons (Fsp3) is 0.0526. The molecule has 0 saturated heterocycles. The Kier molecular flexibility index (Phi) is 4.95. The van der Waals surface area contributed by atoms with Crippen LogP contribution in [-0.4, -0.2) is 22.5 Å². The Morgan fingerprint density at radius 3 is 2.70 bits per heavy atom. The van der Waals surface area contributed by atoms with E-state index in [1.54, 1.807) is 30.3 Å². The second kappa shape index (κ2) is 7.49. The average Bonchev–Trinajstić information content (AvgIpc) is 2.69. The number of benzene rings is 1. The summed E-state index contributed by atoms with van der Waals surface area (Å²) in [5.74, 6) is -1.98. The molecule has 0 radical (unpaired) electrons. The van der Waals surface area contributed by atoms with E-state index in [2.05, 4.69) is 9.72 Å². The molecule has 0 amide bonds. The number of nitrogens with zero attached hydrogens (tertiary/aromatic N) is 3. The van der Waals surface area contributed by atoms with Crippen LogP contribution in [0.2, 0.25) is 0 Å². The van der Waals surface area contributed by atoms with Crippen LogP contribution in [-0.2, 0) is 9.53 Å². The van der Waals surface area contributed by atoms with E-state index in [9.17, 15) is 14.0 Å². The first-order valence-electron chi connectivity index (χ1n) is 7.69. The molecular formula is C19H12FN3O4. The van der Waals surface area contributed by atoms with E-state index in [0.717, 1.165) is 13.2 Å². The molecule has 0 unspecified atom stereocenters. The lowest BCUT2D eigenvalue weighted by atomic mass is 10.2. The van der Waals surface area contributed by atoms with Crippen molar-refractivity contribution >= 4 is 17.7 Å². The van der Waals surface area contributed by atoms with Crippen molar-refractivity contribution in [1.82, 2.24) is 9.38 Å². The normalized spacial score (nSPS) is 11.1. The maximum Gasteiger partial charge on any atom is 0.348 e. The lowest BCUT2D eigenvalue weighted by Crippen LogP contribution is -2.19. The van der Waals surface area contributed by atoms with Crippen LogP contribution in [0.15, 0.2) is 59.0 Å². The summed E-state index contributed by atoms with van der Waals surface area (Å²) in [5.41, 5.74) is -0.958. The van der Waals surface area contributed by atoms with Crippen molar-refractivity contribution in [2.45, 2.75) is 0 Å². The third-order valence-electron chi connectivity index (χ3n) is 3.59. The molecule has 134 valence electrons. The fourth-order valence-electron chi connectivity index (χ4n) is 2.31. The zero-order chi connectivity index (χ0) is 19.4. The van der Waals surface area contributed by atoms with Gasteiger partial charge in [-0.15, -0.1) is 0 Å². The molecular weight excluding hydrogens is 353 g/mol. The summed E-state index contributed by atoms with van der Waals surface area (Å²) in [6.07, 6.45) is 2.48. The average molecular weight is 365 g/mol. The number of pyridine rings is 1. The Morgan fingerprint density at radius 1 is 1.26 bits per heavy atom. The van der Waals surface area contributed by atoms with Gasteiger partial charge in [-0.2, -0.15) is 10.2 Å². The van der Waals surface area contributed by atoms with Crippen LogP contribution >= 0.6 is 0 Å². The van der Waals surface area contributed by atoms with Gasteiger partial charge < -0.3 is 9.47 Å². The quantitative estimate of drug-likeness (QED) is 0.401. The van der Waals surface area contributed by atoms with Crippen molar-refractivity contribution in [1.29, 1.82) is 5.26 Å². The van der Waals surface area contributed by atoms with E-state index < -0.39 is 22.9 Å². The predicted octanol–water partition coefficient (Wildman–Crippen LogP) is 2.71. The third kappa shape index (κ3) is 3.52. The summed E-state index contributed by atoms with van der Waals surface area (Å²) in [6.45, 7) is 0. The Hall–Kier alpha value is -3.99. The number of ether oxygens (including phenoxy) is 2. The van der Waals surface area contributed by atoms with E-state index in [0.29, 0.717) is 0 Å². The van der Waals surface area contributed by atoms with Crippen LogP contribution in [0, 0.1) is 17.1 Å². The number of halogens is 1. The number of methoxy groups -OCH3 is 1. The van der Waals surface area contributed by atoms with Crippen LogP contribution in [0.3, 0.4) is 0 Å². The highest BCUT2D eigenvalue weighted by atomic mass is 19.1. The number of hydrogen-bond acceptors (Lipinski definition) is 6. The highest BCUT2D eigenvalue weighted by molar-refractivity contribution is 5.98. The second-order valence-electron chi connectivity index (χ2n) is 5.26. The van der Waals surface area contributed by atoms with Gasteiger partial charge in [-0.25, -0.2) is 9.18 Å². The second-order valence-corrected chi connectivity index (χ2v) is 5.26. The Bertz CT molecular complexity index is 1160. The van der Waals surface area contributed by atoms with Gasteiger partial charge in [0.15, 0.2) is 11.6 Å². The van der Waals surface area contributed by atoms with Crippen molar-refractivity contribution in [3.8, 4) is 17.7 Å². The molecule has 1 aromatic carbocycles. The summed E-state index contributed by atoms with van der Waals surface area (Å²) in [6, 6.07) is 12.1. The van der Waals surface area contributed by atoms with Gasteiger partial charge in [0.25, 0.3) is 5.56 Å². The Balaban J connectivity index is 2.26. The maximum absolute atomic E-state index is 14.0. The fourth-order valence-corrected chi connectivity index (χ4v) is 2.31. The van der Waals surface area contributed by atoms with Crippen LogP contribution in [0.25, 0.3) is 11.7 Å². The molecule has 0 aliphatic heterocycles. The zero-order valence-electron chi connectivity index (χ0n) is 14.0. The third-order valence-corrected chi connectivity index (χ3v) is 3.59. The summed E-state index contributed by atoms with van der Waals surface area (Å²) >= 11 is 0. The van der Waals surface area contributed by atoms with Crippen molar-refractivity contribution in [2.75, 3.05) is 7.11 Å². The topological polar surface area (TPSA) is 93.7 Å². The minimum Gasteiger partial charge on any atom is -0.465 e. The first-order chi connectivity index (χ1) is 13.0. The number of hydrogen-bond donors (Lipinski definition) is 0. The van der Waals surface area contributed by atoms with E-state index >= 15 is 0 Å². The molecule has 0 spiro atoms. The molecule has 7 nitrogen and oxygen atoms in total. The van der Waals surface area contributed by atoms with Gasteiger partial charge in [-0.05, 0) is 30.3 Å². The first-order valence-corrected chi connectivity index (χ1v) is 7.69. The number of aromatic nitrogens is 2. The Morgan fingerprint density at radius 2 is 2.00 bits per heavy atom. The van der Waals surface area contributed by atoms with Crippen LogP contribution < -0.4 is 10.3 Å². The van der Waals surface area contributed by atoms with E-state index in [1.807, 2.05) is 0 Å². The number of carbonyl (C=O) groups is 1. The first kappa shape index (κ1) is 17.8. The van der Waals surface area contributed by atoms with Crippen molar-refractivity contribution in [3.05, 3.63) is 76.0 Å². The molecule has 3 rings (SSSR count). The Labute approximate surface area is 152 Å². The summed E-state index contributed by atoms with van der Waals surface area (Å²) in [4.78, 5) is 28.7. The van der Waals surface area contributed by atoms with Crippen molar-refractivity contribution < 1.29 is 18.7 Å². The van der Waals surface area contributed by atoms with Crippen molar-refractivity contribution in [3.63, 3.8) is 0 Å². The van der Waals surface area contributed by atoms with E-state index in [1.165, 1.54) is 28.8 Å². The summed E-state index contributed by atoms with van der Waals surface area (Å²) < 4.78 is 25.2. The smallest absolute Gasteiger partial charge is 0.348 e. The van der Waals surface area contributed by atoms with Gasteiger partial charge in [0.05, 0.1) is 7.11 Å².